The van der Waals surface area contributed by atoms with Gasteiger partial charge in [0, 0.05) is 114 Å². The fourth-order valence-corrected chi connectivity index (χ4v) is 22.9. The zero-order valence-corrected chi connectivity index (χ0v) is 76.8. The quantitative estimate of drug-likeness (QED) is 0.140. The summed E-state index contributed by atoms with van der Waals surface area (Å²) in [5, 5.41) is 28.9. The molecule has 0 aliphatic heterocycles. The molecule has 672 valence electrons. The van der Waals surface area contributed by atoms with E-state index in [0.717, 1.165) is 77.9 Å². The van der Waals surface area contributed by atoms with E-state index in [0.29, 0.717) is 23.8 Å². The molecular weight excluding hydrogens is 1770 g/mol. The highest BCUT2D eigenvalue weighted by molar-refractivity contribution is 6.39. The van der Waals surface area contributed by atoms with E-state index in [-0.39, 0.29) is 0 Å². The van der Waals surface area contributed by atoms with Crippen molar-refractivity contribution in [3.8, 4) is 46.5 Å². The topological polar surface area (TPSA) is 194 Å². The van der Waals surface area contributed by atoms with Crippen LogP contribution in [0, 0.1) is 0 Å². The summed E-state index contributed by atoms with van der Waals surface area (Å²) in [6.07, 6.45) is 12.5. The molecule has 0 unspecified atom stereocenters. The molecule has 0 saturated carbocycles. The Morgan fingerprint density at radius 3 is 0.889 bits per heavy atom. The van der Waals surface area contributed by atoms with Gasteiger partial charge < -0.3 is 18.3 Å². The van der Waals surface area contributed by atoms with Crippen LogP contribution in [0.2, 0.25) is 0 Å². The average molecular weight is 1850 g/mol. The molecule has 0 aliphatic rings. The number of para-hydroxylation sites is 10. The first kappa shape index (κ1) is 81.1. The van der Waals surface area contributed by atoms with Crippen LogP contribution in [0.25, 0.3) is 264 Å². The standard InChI is InChI=1S/4C31H19N5/c1-2-10-20(11-3-1)35-25-16-8-6-14-23(25)27-21-12-4-5-13-22(21)29-28(30(27)35)24-15-7-9-17-26(24)36(29)31-33-18-32-19-34-31;1-2-10-20(11-3-1)35-25-16-8-6-14-23(25)27-21-12-4-5-13-22(21)28-24-15-7-9-17-26(24)36(30(28)29(27)35)31-33-18-32-19-34-31;1-2-10-22(11-3-1)35-27-13-7-6-12-23(27)25-16-30-26(17-29(25)35)24-14-20-8-4-5-9-21(20)15-28(24)36(30)31-33-18-32-19-34-31;1-2-9-21(10-3-1)35-26-13-7-6-12-23(26)24-15-16-25-28-22-11-5-4-8-20(22)14-17-27(28)36(30(25)29(24)35)31-33-18-32-19-34-31/h4*1-19H. The second-order valence-corrected chi connectivity index (χ2v) is 36.0. The van der Waals surface area contributed by atoms with E-state index < -0.39 is 0 Å². The number of fused-ring (bicyclic) bond motifs is 36. The molecule has 12 heterocycles. The van der Waals surface area contributed by atoms with Gasteiger partial charge in [-0.05, 0) is 153 Å². The highest BCUT2D eigenvalue weighted by atomic mass is 15.2. The van der Waals surface area contributed by atoms with Crippen molar-refractivity contribution in [2.24, 2.45) is 0 Å². The Morgan fingerprint density at radius 1 is 0.125 bits per heavy atom. The van der Waals surface area contributed by atoms with Gasteiger partial charge in [0.2, 0.25) is 23.8 Å². The molecule has 0 spiro atoms. The van der Waals surface area contributed by atoms with Gasteiger partial charge in [-0.15, -0.1) is 0 Å². The van der Waals surface area contributed by atoms with Crippen molar-refractivity contribution in [3.05, 3.63) is 463 Å². The van der Waals surface area contributed by atoms with Gasteiger partial charge in [-0.3, -0.25) is 18.3 Å². The minimum absolute atomic E-state index is 0.609. The zero-order chi connectivity index (χ0) is 94.6. The summed E-state index contributed by atoms with van der Waals surface area (Å²) in [5.41, 5.74) is 22.6. The molecule has 0 saturated heterocycles. The van der Waals surface area contributed by atoms with Crippen LogP contribution in [0.3, 0.4) is 0 Å². The maximum atomic E-state index is 4.60. The monoisotopic (exact) mass is 1840 g/mol. The molecule has 0 N–H and O–H groups in total. The Balaban J connectivity index is 0.0000000913. The Labute approximate surface area is 818 Å². The summed E-state index contributed by atoms with van der Waals surface area (Å²) in [5.74, 6) is 2.45. The Bertz CT molecular complexity index is 10600. The van der Waals surface area contributed by atoms with Crippen LogP contribution < -0.4 is 0 Å². The molecular formula is C124H76N20. The largest absolute Gasteiger partial charge is 0.309 e. The van der Waals surface area contributed by atoms with E-state index in [1.165, 1.54) is 162 Å². The lowest BCUT2D eigenvalue weighted by Gasteiger charge is -2.12. The average Bonchev–Trinajstić information content (AvgIpc) is 1.53. The first-order chi connectivity index (χ1) is 71.6. The van der Waals surface area contributed by atoms with E-state index >= 15 is 0 Å². The second-order valence-electron chi connectivity index (χ2n) is 36.0. The molecule has 0 bridgehead atoms. The highest BCUT2D eigenvalue weighted by Crippen LogP contribution is 2.51. The first-order valence-corrected chi connectivity index (χ1v) is 47.8. The first-order valence-electron chi connectivity index (χ1n) is 47.8. The SMILES string of the molecule is c1ccc(-n2c3ccccc3c3c4ccccc4c4c(c5ccccc5n4-c4ncncn4)c32)cc1.c1ccc(-n2c3ccccc3c3c4ccccc4c4c5ccccc5n(-c5ncncn5)c4c32)cc1.c1ccc(-n2c3ccccc3c3cc4c(cc32)c2cc3ccccc3cc2n4-c2ncncn2)cc1.c1ccc(-n2c3ccccc3c3ccc4c5c6ccccc6ccc5n(-c5ncncn5)c4c32)cc1. The summed E-state index contributed by atoms with van der Waals surface area (Å²) < 4.78 is 18.2. The number of rotatable bonds is 8. The summed E-state index contributed by atoms with van der Waals surface area (Å²) in [6, 6.07) is 146. The second kappa shape index (κ2) is 32.8. The third kappa shape index (κ3) is 12.3. The number of nitrogens with zero attached hydrogens (tertiary/aromatic N) is 20. The smallest absolute Gasteiger partial charge is 0.237 e. The van der Waals surface area contributed by atoms with Gasteiger partial charge in [0.05, 0.1) is 88.3 Å². The van der Waals surface area contributed by atoms with Crippen molar-refractivity contribution in [1.82, 2.24) is 96.3 Å². The van der Waals surface area contributed by atoms with Crippen LogP contribution in [0.5, 0.6) is 0 Å². The molecule has 20 heteroatoms. The van der Waals surface area contributed by atoms with E-state index in [2.05, 4.69) is 509 Å². The van der Waals surface area contributed by atoms with Crippen molar-refractivity contribution in [3.63, 3.8) is 0 Å². The van der Waals surface area contributed by atoms with Gasteiger partial charge in [-0.25, -0.2) is 59.8 Å². The minimum atomic E-state index is 0.609. The van der Waals surface area contributed by atoms with Crippen molar-refractivity contribution in [2.75, 3.05) is 0 Å². The Kier molecular flexibility index (Phi) is 18.5. The lowest BCUT2D eigenvalue weighted by molar-refractivity contribution is 0.939. The molecule has 0 fully saturated rings. The number of aromatic nitrogens is 20. The predicted octanol–water partition coefficient (Wildman–Crippen LogP) is 28.9. The lowest BCUT2D eigenvalue weighted by Crippen LogP contribution is -2.02. The number of hydrogen-bond donors (Lipinski definition) is 0. The number of hydrogen-bond acceptors (Lipinski definition) is 12. The minimum Gasteiger partial charge on any atom is -0.309 e. The maximum Gasteiger partial charge on any atom is 0.237 e. The van der Waals surface area contributed by atoms with Crippen LogP contribution in [-0.4, -0.2) is 96.3 Å². The molecule has 20 nitrogen and oxygen atoms in total. The molecule has 20 aromatic carbocycles. The summed E-state index contributed by atoms with van der Waals surface area (Å²) in [7, 11) is 0. The molecule has 0 atom stereocenters. The van der Waals surface area contributed by atoms with Crippen molar-refractivity contribution < 1.29 is 0 Å². The zero-order valence-electron chi connectivity index (χ0n) is 76.8. The molecule has 0 radical (unpaired) electrons. The fraction of sp³-hybridized carbons (Fsp3) is 0. The van der Waals surface area contributed by atoms with Gasteiger partial charge in [0.1, 0.15) is 50.6 Å². The highest BCUT2D eigenvalue weighted by Gasteiger charge is 2.31. The summed E-state index contributed by atoms with van der Waals surface area (Å²) in [6.45, 7) is 0. The van der Waals surface area contributed by atoms with Gasteiger partial charge in [0.25, 0.3) is 0 Å². The van der Waals surface area contributed by atoms with Crippen LogP contribution >= 0.6 is 0 Å². The van der Waals surface area contributed by atoms with E-state index in [4.69, 9.17) is 0 Å². The van der Waals surface area contributed by atoms with Gasteiger partial charge in [0.15, 0.2) is 0 Å². The molecule has 32 rings (SSSR count). The summed E-state index contributed by atoms with van der Waals surface area (Å²) >= 11 is 0. The lowest BCUT2D eigenvalue weighted by atomic mass is 9.98. The van der Waals surface area contributed by atoms with Crippen molar-refractivity contribution in [2.45, 2.75) is 0 Å². The van der Waals surface area contributed by atoms with Gasteiger partial charge in [-0.2, -0.15) is 0 Å². The van der Waals surface area contributed by atoms with E-state index in [9.17, 15) is 0 Å². The molecule has 12 aromatic heterocycles. The van der Waals surface area contributed by atoms with Crippen LogP contribution in [0.4, 0.5) is 0 Å². The van der Waals surface area contributed by atoms with E-state index in [1.54, 1.807) is 50.6 Å². The summed E-state index contributed by atoms with van der Waals surface area (Å²) in [4.78, 5) is 52.9. The molecule has 0 amide bonds. The fourth-order valence-electron chi connectivity index (χ4n) is 22.9. The third-order valence-electron chi connectivity index (χ3n) is 28.5. The third-order valence-corrected chi connectivity index (χ3v) is 28.5. The van der Waals surface area contributed by atoms with E-state index in [1.807, 2.05) is 0 Å². The molecule has 32 aromatic rings. The maximum absolute atomic E-state index is 4.60. The molecule has 144 heavy (non-hydrogen) atoms. The van der Waals surface area contributed by atoms with Crippen LogP contribution in [-0.2, 0) is 0 Å². The number of benzene rings is 20. The van der Waals surface area contributed by atoms with Gasteiger partial charge in [-0.1, -0.05) is 297 Å². The Morgan fingerprint density at radius 2 is 0.403 bits per heavy atom. The van der Waals surface area contributed by atoms with Gasteiger partial charge >= 0.3 is 0 Å². The van der Waals surface area contributed by atoms with Crippen molar-refractivity contribution in [1.29, 1.82) is 0 Å². The van der Waals surface area contributed by atoms with Crippen LogP contribution in [0.15, 0.2) is 463 Å². The predicted molar refractivity (Wildman–Crippen MR) is 584 cm³/mol. The Hall–Kier alpha value is -20.1. The van der Waals surface area contributed by atoms with Crippen molar-refractivity contribution >= 4 is 218 Å². The van der Waals surface area contributed by atoms with Crippen LogP contribution in [0.1, 0.15) is 0 Å². The normalized spacial score (nSPS) is 11.9. The molecule has 0 aliphatic carbocycles.